The number of benzene rings is 1. The molecule has 2 atom stereocenters. The second-order valence-electron chi connectivity index (χ2n) is 6.21. The molecule has 2 heterocycles. The number of hydrogen-bond acceptors (Lipinski definition) is 7. The van der Waals surface area contributed by atoms with E-state index in [1.165, 1.54) is 0 Å². The van der Waals surface area contributed by atoms with Gasteiger partial charge in [0.25, 0.3) is 0 Å². The Morgan fingerprint density at radius 3 is 2.89 bits per heavy atom. The number of aliphatic carboxylic acids is 1. The van der Waals surface area contributed by atoms with Gasteiger partial charge in [-0.25, -0.2) is 0 Å². The van der Waals surface area contributed by atoms with Gasteiger partial charge in [0.05, 0.1) is 5.92 Å². The molecule has 0 unspecified atom stereocenters. The predicted octanol–water partition coefficient (Wildman–Crippen LogP) is 2.40. The van der Waals surface area contributed by atoms with Gasteiger partial charge in [-0.1, -0.05) is 35.2 Å². The molecule has 1 aromatic heterocycles. The van der Waals surface area contributed by atoms with Crippen molar-refractivity contribution >= 4 is 51.7 Å². The van der Waals surface area contributed by atoms with E-state index in [0.717, 1.165) is 34.3 Å². The number of anilines is 2. The van der Waals surface area contributed by atoms with Gasteiger partial charge in [0.15, 0.2) is 4.34 Å². The minimum atomic E-state index is -0.943. The number of rotatable bonds is 6. The Morgan fingerprint density at radius 2 is 2.19 bits per heavy atom. The molecule has 0 radical (unpaired) electrons. The average Bonchev–Trinajstić information content (AvgIpc) is 3.21. The lowest BCUT2D eigenvalue weighted by Gasteiger charge is -2.17. The van der Waals surface area contributed by atoms with Crippen molar-refractivity contribution in [3.05, 3.63) is 29.8 Å². The van der Waals surface area contributed by atoms with Gasteiger partial charge < -0.3 is 15.3 Å². The first kappa shape index (κ1) is 19.3. The first-order valence-electron chi connectivity index (χ1n) is 8.24. The maximum atomic E-state index is 12.5. The summed E-state index contributed by atoms with van der Waals surface area (Å²) in [5.41, 5.74) is 1.83. The lowest BCUT2D eigenvalue weighted by Crippen LogP contribution is -2.28. The molecule has 1 fully saturated rings. The molecule has 142 valence electrons. The molecular formula is C17H18N4O4S2. The number of carbonyl (C=O) groups is 3. The van der Waals surface area contributed by atoms with Crippen molar-refractivity contribution in [3.8, 4) is 0 Å². The van der Waals surface area contributed by atoms with E-state index in [4.69, 9.17) is 5.11 Å². The van der Waals surface area contributed by atoms with Gasteiger partial charge in [-0.15, -0.1) is 10.2 Å². The third-order valence-corrected chi connectivity index (χ3v) is 6.08. The molecule has 2 N–H and O–H groups in total. The Labute approximate surface area is 164 Å². The molecule has 8 nitrogen and oxygen atoms in total. The van der Waals surface area contributed by atoms with Crippen molar-refractivity contribution in [2.75, 3.05) is 16.8 Å². The van der Waals surface area contributed by atoms with E-state index in [1.807, 2.05) is 31.2 Å². The van der Waals surface area contributed by atoms with Gasteiger partial charge in [0.1, 0.15) is 5.25 Å². The van der Waals surface area contributed by atoms with Crippen LogP contribution in [0, 0.1) is 12.8 Å². The summed E-state index contributed by atoms with van der Waals surface area (Å²) < 4.78 is 0.462. The van der Waals surface area contributed by atoms with Crippen molar-refractivity contribution in [2.45, 2.75) is 29.9 Å². The first-order valence-corrected chi connectivity index (χ1v) is 9.94. The predicted molar refractivity (Wildman–Crippen MR) is 103 cm³/mol. The molecule has 0 spiro atoms. The maximum Gasteiger partial charge on any atom is 0.316 e. The topological polar surface area (TPSA) is 112 Å². The van der Waals surface area contributed by atoms with Crippen molar-refractivity contribution in [1.82, 2.24) is 10.2 Å². The highest BCUT2D eigenvalue weighted by Gasteiger charge is 2.35. The average molecular weight is 406 g/mol. The van der Waals surface area contributed by atoms with Crippen molar-refractivity contribution in [1.29, 1.82) is 0 Å². The van der Waals surface area contributed by atoms with E-state index in [0.29, 0.717) is 16.0 Å². The largest absolute Gasteiger partial charge is 0.480 e. The van der Waals surface area contributed by atoms with Crippen LogP contribution >= 0.6 is 23.1 Å². The second kappa shape index (κ2) is 8.05. The highest BCUT2D eigenvalue weighted by atomic mass is 32.2. The van der Waals surface area contributed by atoms with Gasteiger partial charge in [-0.05, 0) is 31.5 Å². The highest BCUT2D eigenvalue weighted by Crippen LogP contribution is 2.30. The number of carbonyl (C=O) groups excluding carboxylic acids is 2. The fourth-order valence-corrected chi connectivity index (χ4v) is 4.48. The molecule has 1 saturated heterocycles. The normalized spacial score (nSPS) is 17.8. The van der Waals surface area contributed by atoms with E-state index in [9.17, 15) is 14.4 Å². The maximum absolute atomic E-state index is 12.5. The SMILES string of the molecule is Cc1cccc(N2C[C@H](C(=O)Nc3nnc(S[C@@H](C)C(=O)O)s3)CC2=O)c1. The summed E-state index contributed by atoms with van der Waals surface area (Å²) in [5, 5.41) is 19.0. The van der Waals surface area contributed by atoms with Gasteiger partial charge in [0.2, 0.25) is 16.9 Å². The minimum absolute atomic E-state index is 0.0930. The number of carboxylic acids is 1. The van der Waals surface area contributed by atoms with Crippen LogP contribution in [-0.2, 0) is 14.4 Å². The second-order valence-corrected chi connectivity index (χ2v) is 8.77. The Hall–Kier alpha value is -2.46. The summed E-state index contributed by atoms with van der Waals surface area (Å²) in [6, 6.07) is 7.59. The van der Waals surface area contributed by atoms with Gasteiger partial charge in [-0.2, -0.15) is 0 Å². The van der Waals surface area contributed by atoms with Gasteiger partial charge in [-0.3, -0.25) is 14.4 Å². The number of nitrogens with zero attached hydrogens (tertiary/aromatic N) is 3. The lowest BCUT2D eigenvalue weighted by atomic mass is 10.1. The third kappa shape index (κ3) is 4.64. The molecule has 1 aliphatic rings. The summed E-state index contributed by atoms with van der Waals surface area (Å²) >= 11 is 2.18. The first-order chi connectivity index (χ1) is 12.8. The summed E-state index contributed by atoms with van der Waals surface area (Å²) in [7, 11) is 0. The molecular weight excluding hydrogens is 388 g/mol. The minimum Gasteiger partial charge on any atom is -0.480 e. The van der Waals surface area contributed by atoms with E-state index < -0.39 is 17.1 Å². The Morgan fingerprint density at radius 1 is 1.41 bits per heavy atom. The molecule has 10 heteroatoms. The third-order valence-electron chi connectivity index (χ3n) is 4.07. The number of aromatic nitrogens is 2. The summed E-state index contributed by atoms with van der Waals surface area (Å²) in [5.74, 6) is -1.81. The van der Waals surface area contributed by atoms with Crippen LogP contribution in [0.2, 0.25) is 0 Å². The molecule has 0 bridgehead atoms. The summed E-state index contributed by atoms with van der Waals surface area (Å²) in [6.07, 6.45) is 0.135. The van der Waals surface area contributed by atoms with Crippen LogP contribution in [-0.4, -0.2) is 44.9 Å². The fourth-order valence-electron chi connectivity index (χ4n) is 2.65. The van der Waals surface area contributed by atoms with Gasteiger partial charge >= 0.3 is 5.97 Å². The summed E-state index contributed by atoms with van der Waals surface area (Å²) in [4.78, 5) is 37.3. The smallest absolute Gasteiger partial charge is 0.316 e. The molecule has 2 amide bonds. The Balaban J connectivity index is 1.61. The zero-order valence-electron chi connectivity index (χ0n) is 14.7. The molecule has 0 aliphatic carbocycles. The quantitative estimate of drug-likeness (QED) is 0.559. The summed E-state index contributed by atoms with van der Waals surface area (Å²) in [6.45, 7) is 3.81. The van der Waals surface area contributed by atoms with E-state index >= 15 is 0 Å². The zero-order valence-corrected chi connectivity index (χ0v) is 16.3. The van der Waals surface area contributed by atoms with E-state index in [-0.39, 0.29) is 18.2 Å². The Bertz CT molecular complexity index is 885. The number of carboxylic acid groups (broad SMARTS) is 1. The molecule has 3 rings (SSSR count). The molecule has 2 aromatic rings. The molecule has 27 heavy (non-hydrogen) atoms. The van der Waals surface area contributed by atoms with Crippen molar-refractivity contribution in [3.63, 3.8) is 0 Å². The monoisotopic (exact) mass is 406 g/mol. The number of amides is 2. The van der Waals surface area contributed by atoms with Crippen LogP contribution in [0.1, 0.15) is 18.9 Å². The highest BCUT2D eigenvalue weighted by molar-refractivity contribution is 8.02. The van der Waals surface area contributed by atoms with Crippen LogP contribution in [0.4, 0.5) is 10.8 Å². The number of thioether (sulfide) groups is 1. The lowest BCUT2D eigenvalue weighted by molar-refractivity contribution is -0.136. The molecule has 1 aliphatic heterocycles. The van der Waals surface area contributed by atoms with Crippen LogP contribution in [0.15, 0.2) is 28.6 Å². The van der Waals surface area contributed by atoms with Crippen molar-refractivity contribution in [2.24, 2.45) is 5.92 Å². The number of nitrogens with one attached hydrogen (secondary N) is 1. The van der Waals surface area contributed by atoms with Crippen LogP contribution < -0.4 is 10.2 Å². The number of aryl methyl sites for hydroxylation is 1. The molecule has 0 saturated carbocycles. The standard InChI is InChI=1S/C17H18N4O4S2/c1-9-4-3-5-12(6-9)21-8-11(7-13(21)22)14(23)18-16-19-20-17(27-16)26-10(2)15(24)25/h3-6,10-11H,7-8H2,1-2H3,(H,24,25)(H,18,19,23)/t10-,11+/m0/s1. The van der Waals surface area contributed by atoms with Crippen LogP contribution in [0.25, 0.3) is 0 Å². The Kier molecular flexibility index (Phi) is 5.76. The van der Waals surface area contributed by atoms with Gasteiger partial charge in [0, 0.05) is 18.7 Å². The fraction of sp³-hybridized carbons (Fsp3) is 0.353. The molecule has 1 aromatic carbocycles. The van der Waals surface area contributed by atoms with E-state index in [2.05, 4.69) is 15.5 Å². The van der Waals surface area contributed by atoms with Crippen molar-refractivity contribution < 1.29 is 19.5 Å². The zero-order chi connectivity index (χ0) is 19.6. The van der Waals surface area contributed by atoms with Crippen LogP contribution in [0.3, 0.4) is 0 Å². The van der Waals surface area contributed by atoms with Crippen LogP contribution in [0.5, 0.6) is 0 Å². The number of hydrogen-bond donors (Lipinski definition) is 2. The van der Waals surface area contributed by atoms with E-state index in [1.54, 1.807) is 11.8 Å².